The summed E-state index contributed by atoms with van der Waals surface area (Å²) in [5.41, 5.74) is 11.7. The van der Waals surface area contributed by atoms with Gasteiger partial charge in [-0.25, -0.2) is 0 Å². The van der Waals surface area contributed by atoms with Crippen molar-refractivity contribution in [2.45, 2.75) is 0 Å². The first kappa shape index (κ1) is 24.4. The monoisotopic (exact) mass is 574 g/mol. The van der Waals surface area contributed by atoms with E-state index in [9.17, 15) is 0 Å². The summed E-state index contributed by atoms with van der Waals surface area (Å²) in [4.78, 5) is 0. The molecular formula is C42H26N2O. The van der Waals surface area contributed by atoms with E-state index in [2.05, 4.69) is 155 Å². The molecule has 0 N–H and O–H groups in total. The molecule has 7 aromatic carbocycles. The maximum absolute atomic E-state index is 6.51. The number of hydrogen-bond donors (Lipinski definition) is 0. The van der Waals surface area contributed by atoms with Crippen molar-refractivity contribution in [2.75, 3.05) is 0 Å². The van der Waals surface area contributed by atoms with E-state index in [1.165, 1.54) is 49.2 Å². The first-order chi connectivity index (χ1) is 22.3. The van der Waals surface area contributed by atoms with Crippen LogP contribution in [0.5, 0.6) is 11.5 Å². The van der Waals surface area contributed by atoms with Crippen molar-refractivity contribution in [3.8, 4) is 45.1 Å². The Bertz CT molecular complexity index is 2550. The molecule has 1 aliphatic rings. The number of hydrogen-bond acceptors (Lipinski definition) is 1. The van der Waals surface area contributed by atoms with Crippen molar-refractivity contribution in [3.05, 3.63) is 158 Å². The van der Waals surface area contributed by atoms with Gasteiger partial charge in [0, 0.05) is 27.2 Å². The molecule has 0 bridgehead atoms. The Kier molecular flexibility index (Phi) is 5.00. The van der Waals surface area contributed by atoms with Crippen molar-refractivity contribution in [3.63, 3.8) is 0 Å². The third-order valence-corrected chi connectivity index (χ3v) is 9.32. The van der Waals surface area contributed by atoms with Gasteiger partial charge in [-0.15, -0.1) is 0 Å². The maximum Gasteiger partial charge on any atom is 0.152 e. The molecule has 0 saturated heterocycles. The average Bonchev–Trinajstić information content (AvgIpc) is 3.63. The second-order valence-corrected chi connectivity index (χ2v) is 11.8. The lowest BCUT2D eigenvalue weighted by Crippen LogP contribution is -2.03. The minimum Gasteiger partial charge on any atom is -0.453 e. The average molecular weight is 575 g/mol. The number of aromatic nitrogens is 2. The van der Waals surface area contributed by atoms with Gasteiger partial charge in [-0.05, 0) is 76.9 Å². The predicted molar refractivity (Wildman–Crippen MR) is 186 cm³/mol. The van der Waals surface area contributed by atoms with Gasteiger partial charge in [0.2, 0.25) is 0 Å². The molecule has 3 heteroatoms. The van der Waals surface area contributed by atoms with Crippen LogP contribution >= 0.6 is 0 Å². The van der Waals surface area contributed by atoms with Crippen molar-refractivity contribution in [2.24, 2.45) is 0 Å². The van der Waals surface area contributed by atoms with Crippen molar-refractivity contribution in [1.29, 1.82) is 0 Å². The molecule has 10 rings (SSSR count). The quantitative estimate of drug-likeness (QED) is 0.205. The number of fused-ring (bicyclic) bond motifs is 8. The molecular weight excluding hydrogens is 548 g/mol. The zero-order valence-corrected chi connectivity index (χ0v) is 24.3. The third-order valence-electron chi connectivity index (χ3n) is 9.32. The van der Waals surface area contributed by atoms with Gasteiger partial charge in [-0.3, -0.25) is 0 Å². The highest BCUT2D eigenvalue weighted by molar-refractivity contribution is 6.13. The molecule has 0 fully saturated rings. The first-order valence-corrected chi connectivity index (χ1v) is 15.4. The molecule has 210 valence electrons. The van der Waals surface area contributed by atoms with E-state index in [4.69, 9.17) is 4.74 Å². The van der Waals surface area contributed by atoms with E-state index < -0.39 is 0 Å². The lowest BCUT2D eigenvalue weighted by atomic mass is 9.98. The van der Waals surface area contributed by atoms with E-state index in [0.29, 0.717) is 0 Å². The fourth-order valence-corrected chi connectivity index (χ4v) is 7.26. The number of para-hydroxylation sites is 5. The van der Waals surface area contributed by atoms with E-state index in [0.717, 1.165) is 39.5 Å². The molecule has 0 amide bonds. The van der Waals surface area contributed by atoms with E-state index in [-0.39, 0.29) is 0 Å². The molecule has 1 aliphatic heterocycles. The van der Waals surface area contributed by atoms with Crippen LogP contribution in [0.1, 0.15) is 0 Å². The van der Waals surface area contributed by atoms with Crippen LogP contribution in [-0.4, -0.2) is 9.13 Å². The summed E-state index contributed by atoms with van der Waals surface area (Å²) in [5.74, 6) is 1.77. The highest BCUT2D eigenvalue weighted by Crippen LogP contribution is 2.47. The van der Waals surface area contributed by atoms with Gasteiger partial charge in [-0.1, -0.05) is 103 Å². The van der Waals surface area contributed by atoms with Crippen LogP contribution < -0.4 is 4.74 Å². The van der Waals surface area contributed by atoms with Gasteiger partial charge in [0.05, 0.1) is 27.8 Å². The number of rotatable bonds is 3. The predicted octanol–water partition coefficient (Wildman–Crippen LogP) is 11.3. The van der Waals surface area contributed by atoms with Gasteiger partial charge >= 0.3 is 0 Å². The maximum atomic E-state index is 6.51. The van der Waals surface area contributed by atoms with Crippen LogP contribution in [0.4, 0.5) is 0 Å². The molecule has 0 unspecified atom stereocenters. The Morgan fingerprint density at radius 1 is 0.356 bits per heavy atom. The molecule has 3 nitrogen and oxygen atoms in total. The lowest BCUT2D eigenvalue weighted by Gasteiger charge is -2.21. The van der Waals surface area contributed by atoms with Crippen LogP contribution in [-0.2, 0) is 0 Å². The fraction of sp³-hybridized carbons (Fsp3) is 0. The highest BCUT2D eigenvalue weighted by Gasteiger charge is 2.24. The number of benzene rings is 7. The molecule has 0 radical (unpaired) electrons. The third kappa shape index (κ3) is 3.52. The molecule has 3 heterocycles. The number of nitrogens with zero attached hydrogens (tertiary/aromatic N) is 2. The standard InChI is InChI=1S/C42H26N2O/c1-4-12-36-32(9-1)33-10-2-5-13-37(33)43(36)31-23-21-28(22-24-31)27-17-19-29(20-18-27)30-25-35-34-11-3-6-14-38(34)44-39-15-7-8-16-40(39)45-41(26-30)42(35)44/h1-26H. The molecule has 0 saturated carbocycles. The molecule has 9 aromatic rings. The zero-order valence-electron chi connectivity index (χ0n) is 24.3. The van der Waals surface area contributed by atoms with Gasteiger partial charge in [0.1, 0.15) is 0 Å². The van der Waals surface area contributed by atoms with Crippen molar-refractivity contribution < 1.29 is 4.74 Å². The smallest absolute Gasteiger partial charge is 0.152 e. The lowest BCUT2D eigenvalue weighted by molar-refractivity contribution is 0.476. The van der Waals surface area contributed by atoms with Gasteiger partial charge in [0.15, 0.2) is 11.5 Å². The van der Waals surface area contributed by atoms with Crippen LogP contribution in [0.25, 0.3) is 77.2 Å². The Hall–Kier alpha value is -6.06. The Morgan fingerprint density at radius 2 is 0.844 bits per heavy atom. The normalized spacial score (nSPS) is 12.2. The van der Waals surface area contributed by atoms with E-state index in [1.807, 2.05) is 12.1 Å². The second-order valence-electron chi connectivity index (χ2n) is 11.8. The van der Waals surface area contributed by atoms with Crippen LogP contribution in [0.2, 0.25) is 0 Å². The molecule has 45 heavy (non-hydrogen) atoms. The van der Waals surface area contributed by atoms with E-state index in [1.54, 1.807) is 0 Å². The Labute approximate surface area is 259 Å². The molecule has 0 spiro atoms. The SMILES string of the molecule is c1ccc2c(c1)Oc1cc(-c3ccc(-c4ccc(-n5c6ccccc6c6ccccc65)cc4)cc3)cc3c4ccccc4n-2c13. The minimum absolute atomic E-state index is 0.879. The fourth-order valence-electron chi connectivity index (χ4n) is 7.26. The summed E-state index contributed by atoms with van der Waals surface area (Å²) >= 11 is 0. The molecule has 0 atom stereocenters. The first-order valence-electron chi connectivity index (χ1n) is 15.4. The topological polar surface area (TPSA) is 19.1 Å². The summed E-state index contributed by atoms with van der Waals surface area (Å²) in [5, 5.41) is 4.99. The van der Waals surface area contributed by atoms with E-state index >= 15 is 0 Å². The van der Waals surface area contributed by atoms with Gasteiger partial charge in [-0.2, -0.15) is 0 Å². The summed E-state index contributed by atoms with van der Waals surface area (Å²) in [6.45, 7) is 0. The van der Waals surface area contributed by atoms with Crippen LogP contribution in [0.3, 0.4) is 0 Å². The summed E-state index contributed by atoms with van der Waals surface area (Å²) in [6.07, 6.45) is 0. The number of ether oxygens (including phenoxy) is 1. The zero-order chi connectivity index (χ0) is 29.5. The second kappa shape index (κ2) is 9.22. The minimum atomic E-state index is 0.879. The van der Waals surface area contributed by atoms with Crippen LogP contribution in [0, 0.1) is 0 Å². The van der Waals surface area contributed by atoms with Gasteiger partial charge in [0.25, 0.3) is 0 Å². The highest BCUT2D eigenvalue weighted by atomic mass is 16.5. The molecule has 0 aliphatic carbocycles. The summed E-state index contributed by atoms with van der Waals surface area (Å²) in [6, 6.07) is 56.5. The van der Waals surface area contributed by atoms with Crippen molar-refractivity contribution >= 4 is 43.6 Å². The summed E-state index contributed by atoms with van der Waals surface area (Å²) < 4.78 is 11.2. The Morgan fingerprint density at radius 3 is 1.49 bits per heavy atom. The molecule has 2 aromatic heterocycles. The van der Waals surface area contributed by atoms with Crippen molar-refractivity contribution in [1.82, 2.24) is 9.13 Å². The summed E-state index contributed by atoms with van der Waals surface area (Å²) in [7, 11) is 0. The Balaban J connectivity index is 1.04. The largest absolute Gasteiger partial charge is 0.453 e. The van der Waals surface area contributed by atoms with Crippen LogP contribution in [0.15, 0.2) is 158 Å². The van der Waals surface area contributed by atoms with Gasteiger partial charge < -0.3 is 13.9 Å².